The molecular weight excluding hydrogens is 238 g/mol. The first-order valence-corrected chi connectivity index (χ1v) is 7.05. The van der Waals surface area contributed by atoms with Crippen LogP contribution in [0.5, 0.6) is 0 Å². The van der Waals surface area contributed by atoms with Gasteiger partial charge in [0.05, 0.1) is 0 Å². The van der Waals surface area contributed by atoms with Gasteiger partial charge >= 0.3 is 0 Å². The Hall–Kier alpha value is -1.51. The third-order valence-corrected chi connectivity index (χ3v) is 3.44. The predicted octanol–water partition coefficient (Wildman–Crippen LogP) is 3.34. The summed E-state index contributed by atoms with van der Waals surface area (Å²) in [5, 5.41) is 2.82. The molecule has 0 radical (unpaired) electrons. The molecule has 3 nitrogen and oxygen atoms in total. The fourth-order valence-electron chi connectivity index (χ4n) is 2.33. The molecule has 1 aliphatic heterocycles. The summed E-state index contributed by atoms with van der Waals surface area (Å²) in [5.41, 5.74) is 0.710. The topological polar surface area (TPSA) is 38.3 Å². The average Bonchev–Trinajstić information content (AvgIpc) is 2.67. The van der Waals surface area contributed by atoms with E-state index >= 15 is 0 Å². The van der Waals surface area contributed by atoms with Crippen molar-refractivity contribution in [2.24, 2.45) is 5.92 Å². The Bertz CT molecular complexity index is 360. The Balaban J connectivity index is 2.56. The van der Waals surface area contributed by atoms with Crippen LogP contribution in [0.1, 0.15) is 39.0 Å². The van der Waals surface area contributed by atoms with E-state index in [-0.39, 0.29) is 17.9 Å². The monoisotopic (exact) mass is 263 g/mol. The molecule has 2 atom stereocenters. The van der Waals surface area contributed by atoms with Gasteiger partial charge in [-0.2, -0.15) is 0 Å². The van der Waals surface area contributed by atoms with Gasteiger partial charge in [-0.15, -0.1) is 6.58 Å². The van der Waals surface area contributed by atoms with Gasteiger partial charge in [-0.05, 0) is 12.8 Å². The molecule has 0 bridgehead atoms. The van der Waals surface area contributed by atoms with Crippen molar-refractivity contribution in [2.75, 3.05) is 6.54 Å². The van der Waals surface area contributed by atoms with Crippen LogP contribution in [0.4, 0.5) is 0 Å². The number of hydrogen-bond donors (Lipinski definition) is 1. The molecule has 0 aromatic carbocycles. The Kier molecular flexibility index (Phi) is 6.40. The number of carbonyl (C=O) groups excluding carboxylic acids is 1. The van der Waals surface area contributed by atoms with Crippen LogP contribution >= 0.6 is 0 Å². The molecule has 1 N–H and O–H groups in total. The molecule has 1 fully saturated rings. The lowest BCUT2D eigenvalue weighted by Gasteiger charge is -2.17. The van der Waals surface area contributed by atoms with Gasteiger partial charge in [0.1, 0.15) is 17.8 Å². The van der Waals surface area contributed by atoms with E-state index in [2.05, 4.69) is 32.0 Å². The van der Waals surface area contributed by atoms with Gasteiger partial charge in [0.25, 0.3) is 0 Å². The molecule has 1 rings (SSSR count). The highest BCUT2D eigenvalue weighted by Gasteiger charge is 2.39. The standard InChI is InChI=1S/C16H25NO2/c1-5-7-8-9-10-14-15(12(3)13(4)19-14)16(18)17-11-6-2/h6,14-15H,2-5,7-11H2,1H3,(H,17,18)/t14-,15?/m1/s1. The molecule has 1 unspecified atom stereocenters. The van der Waals surface area contributed by atoms with Crippen LogP contribution in [0.15, 0.2) is 37.1 Å². The van der Waals surface area contributed by atoms with Crippen molar-refractivity contribution in [3.8, 4) is 0 Å². The molecule has 0 saturated carbocycles. The summed E-state index contributed by atoms with van der Waals surface area (Å²) in [6.45, 7) is 14.0. The van der Waals surface area contributed by atoms with Gasteiger partial charge in [-0.1, -0.05) is 45.4 Å². The molecule has 3 heteroatoms. The third-order valence-electron chi connectivity index (χ3n) is 3.44. The van der Waals surface area contributed by atoms with Crippen LogP contribution in [0.3, 0.4) is 0 Å². The summed E-state index contributed by atoms with van der Waals surface area (Å²) < 4.78 is 5.69. The molecule has 19 heavy (non-hydrogen) atoms. The van der Waals surface area contributed by atoms with Crippen LogP contribution in [0, 0.1) is 5.92 Å². The summed E-state index contributed by atoms with van der Waals surface area (Å²) in [4.78, 5) is 12.1. The number of rotatable bonds is 8. The van der Waals surface area contributed by atoms with Crippen molar-refractivity contribution in [2.45, 2.75) is 45.1 Å². The van der Waals surface area contributed by atoms with Gasteiger partial charge in [-0.25, -0.2) is 0 Å². The Morgan fingerprint density at radius 2 is 2.11 bits per heavy atom. The van der Waals surface area contributed by atoms with Crippen LogP contribution in [-0.2, 0) is 9.53 Å². The molecule has 1 aliphatic rings. The fraction of sp³-hybridized carbons (Fsp3) is 0.562. The highest BCUT2D eigenvalue weighted by molar-refractivity contribution is 5.83. The molecule has 1 saturated heterocycles. The lowest BCUT2D eigenvalue weighted by Crippen LogP contribution is -2.36. The largest absolute Gasteiger partial charge is 0.490 e. The lowest BCUT2D eigenvalue weighted by atomic mass is 9.92. The quantitative estimate of drug-likeness (QED) is 0.539. The number of unbranched alkanes of at least 4 members (excludes halogenated alkanes) is 3. The summed E-state index contributed by atoms with van der Waals surface area (Å²) in [5.74, 6) is 0.220. The first-order chi connectivity index (χ1) is 9.11. The Labute approximate surface area is 116 Å². The normalized spacial score (nSPS) is 22.2. The molecule has 1 heterocycles. The number of nitrogens with one attached hydrogen (secondary N) is 1. The van der Waals surface area contributed by atoms with Gasteiger partial charge in [0, 0.05) is 12.1 Å². The number of amides is 1. The molecule has 106 valence electrons. The first kappa shape index (κ1) is 15.5. The van der Waals surface area contributed by atoms with Crippen LogP contribution < -0.4 is 5.32 Å². The van der Waals surface area contributed by atoms with E-state index in [1.165, 1.54) is 19.3 Å². The zero-order valence-corrected chi connectivity index (χ0v) is 11.9. The lowest BCUT2D eigenvalue weighted by molar-refractivity contribution is -0.125. The van der Waals surface area contributed by atoms with Gasteiger partial charge in [-0.3, -0.25) is 4.79 Å². The second-order valence-corrected chi connectivity index (χ2v) is 4.97. The van der Waals surface area contributed by atoms with Crippen LogP contribution in [0.2, 0.25) is 0 Å². The minimum absolute atomic E-state index is 0.0379. The number of carbonyl (C=O) groups is 1. The third kappa shape index (κ3) is 4.27. The van der Waals surface area contributed by atoms with Crippen LogP contribution in [0.25, 0.3) is 0 Å². The smallest absolute Gasteiger partial charge is 0.231 e. The summed E-state index contributed by atoms with van der Waals surface area (Å²) in [7, 11) is 0. The second-order valence-electron chi connectivity index (χ2n) is 4.97. The van der Waals surface area contributed by atoms with Crippen molar-refractivity contribution in [1.29, 1.82) is 0 Å². The zero-order valence-electron chi connectivity index (χ0n) is 11.9. The first-order valence-electron chi connectivity index (χ1n) is 7.05. The van der Waals surface area contributed by atoms with Crippen molar-refractivity contribution >= 4 is 5.91 Å². The molecule has 0 aromatic heterocycles. The van der Waals surface area contributed by atoms with E-state index in [0.717, 1.165) is 12.8 Å². The number of hydrogen-bond acceptors (Lipinski definition) is 2. The van der Waals surface area contributed by atoms with E-state index in [0.29, 0.717) is 17.9 Å². The maximum Gasteiger partial charge on any atom is 0.231 e. The minimum atomic E-state index is -0.297. The molecular formula is C16H25NO2. The minimum Gasteiger partial charge on any atom is -0.490 e. The second kappa shape index (κ2) is 7.82. The summed E-state index contributed by atoms with van der Waals surface area (Å²) in [6, 6.07) is 0. The highest BCUT2D eigenvalue weighted by Crippen LogP contribution is 2.35. The summed E-state index contributed by atoms with van der Waals surface area (Å²) in [6.07, 6.45) is 7.12. The number of allylic oxidation sites excluding steroid dienone is 1. The van der Waals surface area contributed by atoms with Crippen molar-refractivity contribution in [3.05, 3.63) is 37.1 Å². The SMILES string of the molecule is C=CCNC(=O)C1C(=C)C(=C)O[C@@H]1CCCCCC. The predicted molar refractivity (Wildman–Crippen MR) is 78.6 cm³/mol. The van der Waals surface area contributed by atoms with Gasteiger partial charge < -0.3 is 10.1 Å². The Morgan fingerprint density at radius 1 is 1.37 bits per heavy atom. The van der Waals surface area contributed by atoms with Crippen LogP contribution in [-0.4, -0.2) is 18.6 Å². The fourth-order valence-corrected chi connectivity index (χ4v) is 2.33. The van der Waals surface area contributed by atoms with Crippen molar-refractivity contribution < 1.29 is 9.53 Å². The summed E-state index contributed by atoms with van der Waals surface area (Å²) >= 11 is 0. The van der Waals surface area contributed by atoms with Gasteiger partial charge in [0.15, 0.2) is 0 Å². The van der Waals surface area contributed by atoms with E-state index in [9.17, 15) is 4.79 Å². The van der Waals surface area contributed by atoms with E-state index < -0.39 is 0 Å². The maximum atomic E-state index is 12.1. The molecule has 0 aliphatic carbocycles. The maximum absolute atomic E-state index is 12.1. The van der Waals surface area contributed by atoms with E-state index in [4.69, 9.17) is 4.74 Å². The molecule has 1 amide bonds. The van der Waals surface area contributed by atoms with Crippen molar-refractivity contribution in [1.82, 2.24) is 5.32 Å². The average molecular weight is 263 g/mol. The molecule has 0 spiro atoms. The van der Waals surface area contributed by atoms with Crippen molar-refractivity contribution in [3.63, 3.8) is 0 Å². The molecule has 0 aromatic rings. The Morgan fingerprint density at radius 3 is 2.74 bits per heavy atom. The van der Waals surface area contributed by atoms with E-state index in [1.807, 2.05) is 0 Å². The van der Waals surface area contributed by atoms with Gasteiger partial charge in [0.2, 0.25) is 5.91 Å². The highest BCUT2D eigenvalue weighted by atomic mass is 16.5. The van der Waals surface area contributed by atoms with E-state index in [1.54, 1.807) is 6.08 Å². The zero-order chi connectivity index (χ0) is 14.3. The number of ether oxygens (including phenoxy) is 1.